The minimum Gasteiger partial charge on any atom is -0.366 e. The molecule has 0 spiro atoms. The van der Waals surface area contributed by atoms with Gasteiger partial charge in [-0.05, 0) is 47.4 Å². The van der Waals surface area contributed by atoms with Crippen molar-refractivity contribution in [2.45, 2.75) is 25.8 Å². The molecule has 0 aliphatic carbocycles. The van der Waals surface area contributed by atoms with Gasteiger partial charge in [0.2, 0.25) is 0 Å². The first kappa shape index (κ1) is 14.5. The van der Waals surface area contributed by atoms with Gasteiger partial charge in [-0.1, -0.05) is 6.92 Å². The summed E-state index contributed by atoms with van der Waals surface area (Å²) in [4.78, 5) is 12.7. The van der Waals surface area contributed by atoms with Gasteiger partial charge in [0.1, 0.15) is 0 Å². The van der Waals surface area contributed by atoms with Gasteiger partial charge in [-0.15, -0.1) is 0 Å². The first-order chi connectivity index (χ1) is 9.02. The fraction of sp³-hybridized carbons (Fsp3) is 0.538. The number of non-ortho nitro benzene ring substituents is 1. The molecule has 5 nitrogen and oxygen atoms in total. The lowest BCUT2D eigenvalue weighted by atomic mass is 9.92. The molecule has 1 aliphatic heterocycles. The molecule has 6 heteroatoms. The van der Waals surface area contributed by atoms with Crippen LogP contribution in [0.25, 0.3) is 0 Å². The van der Waals surface area contributed by atoms with Crippen molar-refractivity contribution >= 4 is 34.0 Å². The van der Waals surface area contributed by atoms with E-state index in [2.05, 4.69) is 34.4 Å². The highest BCUT2D eigenvalue weighted by Crippen LogP contribution is 2.32. The Balaban J connectivity index is 2.28. The van der Waals surface area contributed by atoms with Gasteiger partial charge in [0.15, 0.2) is 0 Å². The molecule has 2 N–H and O–H groups in total. The maximum atomic E-state index is 10.8. The Morgan fingerprint density at radius 2 is 2.32 bits per heavy atom. The van der Waals surface area contributed by atoms with E-state index in [1.807, 2.05) is 6.07 Å². The van der Waals surface area contributed by atoms with E-state index in [9.17, 15) is 10.1 Å². The molecule has 0 aromatic heterocycles. The third-order valence-electron chi connectivity index (χ3n) is 3.70. The van der Waals surface area contributed by atoms with Crippen LogP contribution >= 0.6 is 22.6 Å². The Morgan fingerprint density at radius 1 is 1.58 bits per heavy atom. The highest BCUT2D eigenvalue weighted by molar-refractivity contribution is 14.1. The molecule has 1 fully saturated rings. The second-order valence-electron chi connectivity index (χ2n) is 5.11. The van der Waals surface area contributed by atoms with Crippen LogP contribution in [-0.2, 0) is 0 Å². The molecule has 2 atom stereocenters. The molecule has 0 bridgehead atoms. The van der Waals surface area contributed by atoms with Gasteiger partial charge in [0.25, 0.3) is 5.69 Å². The van der Waals surface area contributed by atoms with Crippen LogP contribution in [0.2, 0.25) is 0 Å². The second-order valence-corrected chi connectivity index (χ2v) is 6.27. The second kappa shape index (κ2) is 6.04. The van der Waals surface area contributed by atoms with E-state index in [0.29, 0.717) is 18.5 Å². The Labute approximate surface area is 126 Å². The summed E-state index contributed by atoms with van der Waals surface area (Å²) in [5, 5.41) is 10.8. The molecule has 1 heterocycles. The summed E-state index contributed by atoms with van der Waals surface area (Å²) in [5.74, 6) is 0.695. The summed E-state index contributed by atoms with van der Waals surface area (Å²) < 4.78 is 0.916. The molecule has 1 aliphatic rings. The predicted molar refractivity (Wildman–Crippen MR) is 84.4 cm³/mol. The lowest BCUT2D eigenvalue weighted by molar-refractivity contribution is -0.384. The largest absolute Gasteiger partial charge is 0.366 e. The van der Waals surface area contributed by atoms with Crippen molar-refractivity contribution in [3.63, 3.8) is 0 Å². The highest BCUT2D eigenvalue weighted by atomic mass is 127. The van der Waals surface area contributed by atoms with Crippen molar-refractivity contribution in [1.29, 1.82) is 0 Å². The lowest BCUT2D eigenvalue weighted by Crippen LogP contribution is -2.46. The van der Waals surface area contributed by atoms with Gasteiger partial charge < -0.3 is 10.6 Å². The van der Waals surface area contributed by atoms with Crippen molar-refractivity contribution in [1.82, 2.24) is 0 Å². The summed E-state index contributed by atoms with van der Waals surface area (Å²) in [7, 11) is 0. The average Bonchev–Trinajstić information content (AvgIpc) is 2.38. The maximum Gasteiger partial charge on any atom is 0.270 e. The number of nitro groups is 1. The van der Waals surface area contributed by atoms with Crippen LogP contribution in [-0.4, -0.2) is 24.1 Å². The quantitative estimate of drug-likeness (QED) is 0.501. The molecule has 1 saturated heterocycles. The number of nitrogens with zero attached hydrogens (tertiary/aromatic N) is 2. The van der Waals surface area contributed by atoms with Crippen molar-refractivity contribution in [3.8, 4) is 0 Å². The van der Waals surface area contributed by atoms with Crippen LogP contribution in [0.4, 0.5) is 11.4 Å². The predicted octanol–water partition coefficient (Wildman–Crippen LogP) is 2.76. The van der Waals surface area contributed by atoms with Crippen LogP contribution in [0, 0.1) is 19.6 Å². The van der Waals surface area contributed by atoms with Crippen molar-refractivity contribution in [2.24, 2.45) is 11.7 Å². The van der Waals surface area contributed by atoms with Gasteiger partial charge in [-0.3, -0.25) is 10.1 Å². The molecular weight excluding hydrogens is 357 g/mol. The molecule has 19 heavy (non-hydrogen) atoms. The van der Waals surface area contributed by atoms with Crippen LogP contribution in [0.3, 0.4) is 0 Å². The fourth-order valence-electron chi connectivity index (χ4n) is 2.63. The SMILES string of the molecule is CC1CCN(c2ccc([N+](=O)[O-])cc2I)C(CN)C1. The van der Waals surface area contributed by atoms with E-state index in [1.165, 1.54) is 0 Å². The Bertz CT molecular complexity index is 481. The Hall–Kier alpha value is -0.890. The summed E-state index contributed by atoms with van der Waals surface area (Å²) in [6, 6.07) is 5.38. The normalized spacial score (nSPS) is 23.4. The number of nitrogens with two attached hydrogens (primary N) is 1. The number of benzene rings is 1. The molecule has 0 saturated carbocycles. The van der Waals surface area contributed by atoms with Gasteiger partial charge in [0, 0.05) is 34.8 Å². The van der Waals surface area contributed by atoms with Gasteiger partial charge in [-0.2, -0.15) is 0 Å². The number of anilines is 1. The number of halogens is 1. The molecular formula is C13H18IN3O2. The van der Waals surface area contributed by atoms with E-state index in [0.717, 1.165) is 28.6 Å². The fourth-order valence-corrected chi connectivity index (χ4v) is 3.44. The molecule has 2 unspecified atom stereocenters. The van der Waals surface area contributed by atoms with Crippen LogP contribution < -0.4 is 10.6 Å². The van der Waals surface area contributed by atoms with E-state index >= 15 is 0 Å². The first-order valence-corrected chi connectivity index (χ1v) is 7.51. The van der Waals surface area contributed by atoms with Gasteiger partial charge in [-0.25, -0.2) is 0 Å². The summed E-state index contributed by atoms with van der Waals surface area (Å²) >= 11 is 2.17. The maximum absolute atomic E-state index is 10.8. The third kappa shape index (κ3) is 3.17. The molecule has 0 radical (unpaired) electrons. The summed E-state index contributed by atoms with van der Waals surface area (Å²) in [6.07, 6.45) is 2.23. The van der Waals surface area contributed by atoms with E-state index in [-0.39, 0.29) is 10.6 Å². The number of nitro benzene ring substituents is 1. The van der Waals surface area contributed by atoms with Crippen LogP contribution in [0.15, 0.2) is 18.2 Å². The van der Waals surface area contributed by atoms with Gasteiger partial charge >= 0.3 is 0 Å². The van der Waals surface area contributed by atoms with Crippen molar-refractivity contribution in [3.05, 3.63) is 31.9 Å². The topological polar surface area (TPSA) is 72.4 Å². The zero-order valence-electron chi connectivity index (χ0n) is 10.9. The first-order valence-electron chi connectivity index (χ1n) is 6.43. The molecule has 1 aromatic rings. The zero-order chi connectivity index (χ0) is 14.0. The minimum atomic E-state index is -0.357. The Morgan fingerprint density at radius 3 is 2.89 bits per heavy atom. The smallest absolute Gasteiger partial charge is 0.270 e. The average molecular weight is 375 g/mol. The third-order valence-corrected chi connectivity index (χ3v) is 4.57. The van der Waals surface area contributed by atoms with Crippen molar-refractivity contribution in [2.75, 3.05) is 18.0 Å². The zero-order valence-corrected chi connectivity index (χ0v) is 13.0. The van der Waals surface area contributed by atoms with Crippen molar-refractivity contribution < 1.29 is 4.92 Å². The Kier molecular flexibility index (Phi) is 4.62. The van der Waals surface area contributed by atoms with Crippen LogP contribution in [0.1, 0.15) is 19.8 Å². The minimum absolute atomic E-state index is 0.142. The summed E-state index contributed by atoms with van der Waals surface area (Å²) in [6.45, 7) is 3.84. The molecule has 104 valence electrons. The number of rotatable bonds is 3. The number of piperidine rings is 1. The van der Waals surface area contributed by atoms with E-state index < -0.39 is 0 Å². The number of hydrogen-bond acceptors (Lipinski definition) is 4. The molecule has 0 amide bonds. The standard InChI is InChI=1S/C13H18IN3O2/c1-9-4-5-16(11(6-9)8-15)13-3-2-10(17(18)19)7-12(13)14/h2-3,7,9,11H,4-6,8,15H2,1H3. The van der Waals surface area contributed by atoms with Gasteiger partial charge in [0.05, 0.1) is 10.6 Å². The lowest BCUT2D eigenvalue weighted by Gasteiger charge is -2.40. The molecule has 1 aromatic carbocycles. The van der Waals surface area contributed by atoms with E-state index in [4.69, 9.17) is 5.73 Å². The highest BCUT2D eigenvalue weighted by Gasteiger charge is 2.27. The van der Waals surface area contributed by atoms with E-state index in [1.54, 1.807) is 12.1 Å². The molecule has 2 rings (SSSR count). The summed E-state index contributed by atoms with van der Waals surface area (Å²) in [5.41, 5.74) is 7.07. The van der Waals surface area contributed by atoms with Crippen LogP contribution in [0.5, 0.6) is 0 Å². The number of hydrogen-bond donors (Lipinski definition) is 1. The monoisotopic (exact) mass is 375 g/mol.